The summed E-state index contributed by atoms with van der Waals surface area (Å²) in [5.41, 5.74) is 0.930. The zero-order chi connectivity index (χ0) is 9.42. The van der Waals surface area contributed by atoms with Crippen LogP contribution in [0.2, 0.25) is 4.34 Å². The number of hydrogen-bond acceptors (Lipinski definition) is 3. The lowest BCUT2D eigenvalue weighted by atomic mass is 10.4. The number of hydrogen-bond donors (Lipinski definition) is 0. The van der Waals surface area contributed by atoms with Gasteiger partial charge in [-0.3, -0.25) is 0 Å². The first-order valence-electron chi connectivity index (χ1n) is 3.86. The summed E-state index contributed by atoms with van der Waals surface area (Å²) in [5.74, 6) is 1.52. The average Bonchev–Trinajstić information content (AvgIpc) is 2.61. The summed E-state index contributed by atoms with van der Waals surface area (Å²) in [7, 11) is 0. The summed E-state index contributed by atoms with van der Waals surface area (Å²) >= 11 is 7.28. The Morgan fingerprint density at radius 1 is 1.38 bits per heavy atom. The zero-order valence-electron chi connectivity index (χ0n) is 7.30. The van der Waals surface area contributed by atoms with E-state index < -0.39 is 0 Å². The molecule has 0 aliphatic heterocycles. The van der Waals surface area contributed by atoms with Crippen LogP contribution in [0.3, 0.4) is 0 Å². The van der Waals surface area contributed by atoms with Crippen LogP contribution in [0, 0.1) is 13.8 Å². The Labute approximate surface area is 85.2 Å². The number of oxazole rings is 1. The zero-order valence-corrected chi connectivity index (χ0v) is 8.87. The molecular weight excluding hydrogens is 206 g/mol. The van der Waals surface area contributed by atoms with Gasteiger partial charge in [0.15, 0.2) is 0 Å². The van der Waals surface area contributed by atoms with Crippen LogP contribution in [0.5, 0.6) is 0 Å². The van der Waals surface area contributed by atoms with Gasteiger partial charge in [0.2, 0.25) is 5.89 Å². The van der Waals surface area contributed by atoms with E-state index in [1.807, 2.05) is 26.0 Å². The van der Waals surface area contributed by atoms with Crippen molar-refractivity contribution < 1.29 is 4.42 Å². The SMILES string of the molecule is Cc1nc(-c2ccc(Cl)s2)oc1C. The molecule has 2 aromatic rings. The highest BCUT2D eigenvalue weighted by molar-refractivity contribution is 7.19. The van der Waals surface area contributed by atoms with Gasteiger partial charge >= 0.3 is 0 Å². The molecule has 0 saturated carbocycles. The van der Waals surface area contributed by atoms with Crippen LogP contribution in [0.4, 0.5) is 0 Å². The van der Waals surface area contributed by atoms with Crippen molar-refractivity contribution in [2.75, 3.05) is 0 Å². The fourth-order valence-corrected chi connectivity index (χ4v) is 1.98. The summed E-state index contributed by atoms with van der Waals surface area (Å²) in [4.78, 5) is 5.25. The molecule has 0 aliphatic carbocycles. The maximum atomic E-state index is 5.81. The third-order valence-electron chi connectivity index (χ3n) is 1.81. The van der Waals surface area contributed by atoms with Crippen LogP contribution in [0.1, 0.15) is 11.5 Å². The molecule has 0 saturated heterocycles. The van der Waals surface area contributed by atoms with Gasteiger partial charge in [-0.05, 0) is 26.0 Å². The number of nitrogens with zero attached hydrogens (tertiary/aromatic N) is 1. The molecule has 2 rings (SSSR count). The molecule has 0 spiro atoms. The lowest BCUT2D eigenvalue weighted by molar-refractivity contribution is 0.542. The van der Waals surface area contributed by atoms with Gasteiger partial charge in [0.25, 0.3) is 0 Å². The molecule has 0 atom stereocenters. The van der Waals surface area contributed by atoms with Crippen molar-refractivity contribution in [1.29, 1.82) is 0 Å². The molecule has 2 nitrogen and oxygen atoms in total. The summed E-state index contributed by atoms with van der Waals surface area (Å²) in [6.45, 7) is 3.83. The number of aromatic nitrogens is 1. The molecule has 0 radical (unpaired) electrons. The van der Waals surface area contributed by atoms with Gasteiger partial charge < -0.3 is 4.42 Å². The minimum absolute atomic E-state index is 0.659. The van der Waals surface area contributed by atoms with E-state index in [4.69, 9.17) is 16.0 Å². The molecule has 68 valence electrons. The van der Waals surface area contributed by atoms with Crippen molar-refractivity contribution >= 4 is 22.9 Å². The molecule has 0 fully saturated rings. The van der Waals surface area contributed by atoms with Gasteiger partial charge in [-0.15, -0.1) is 11.3 Å². The van der Waals surface area contributed by atoms with Crippen molar-refractivity contribution in [2.24, 2.45) is 0 Å². The maximum absolute atomic E-state index is 5.81. The summed E-state index contributed by atoms with van der Waals surface area (Å²) in [5, 5.41) is 0. The van der Waals surface area contributed by atoms with Crippen LogP contribution in [-0.2, 0) is 0 Å². The van der Waals surface area contributed by atoms with E-state index in [9.17, 15) is 0 Å². The third-order valence-corrected chi connectivity index (χ3v) is 3.03. The lowest BCUT2D eigenvalue weighted by Crippen LogP contribution is -1.72. The highest BCUT2D eigenvalue weighted by atomic mass is 35.5. The number of rotatable bonds is 1. The van der Waals surface area contributed by atoms with E-state index in [0.717, 1.165) is 20.7 Å². The molecule has 0 unspecified atom stereocenters. The third kappa shape index (κ3) is 1.62. The van der Waals surface area contributed by atoms with Crippen molar-refractivity contribution in [3.05, 3.63) is 27.9 Å². The van der Waals surface area contributed by atoms with E-state index in [2.05, 4.69) is 4.98 Å². The molecule has 0 aromatic carbocycles. The molecule has 0 bridgehead atoms. The van der Waals surface area contributed by atoms with Gasteiger partial charge in [0.1, 0.15) is 5.76 Å². The Bertz CT molecular complexity index is 413. The lowest BCUT2D eigenvalue weighted by Gasteiger charge is -1.85. The number of halogens is 1. The van der Waals surface area contributed by atoms with Crippen LogP contribution < -0.4 is 0 Å². The second-order valence-corrected chi connectivity index (χ2v) is 4.48. The van der Waals surface area contributed by atoms with E-state index in [1.165, 1.54) is 11.3 Å². The van der Waals surface area contributed by atoms with Crippen molar-refractivity contribution in [1.82, 2.24) is 4.98 Å². The topological polar surface area (TPSA) is 26.0 Å². The molecule has 4 heteroatoms. The Hall–Kier alpha value is -0.800. The second-order valence-electron chi connectivity index (χ2n) is 2.76. The predicted molar refractivity (Wildman–Crippen MR) is 54.3 cm³/mol. The summed E-state index contributed by atoms with van der Waals surface area (Å²) in [6.07, 6.45) is 0. The van der Waals surface area contributed by atoms with Gasteiger partial charge in [0.05, 0.1) is 14.9 Å². The van der Waals surface area contributed by atoms with E-state index in [1.54, 1.807) is 0 Å². The Balaban J connectivity index is 2.46. The molecule has 2 heterocycles. The van der Waals surface area contributed by atoms with Crippen LogP contribution in [0.25, 0.3) is 10.8 Å². The fraction of sp³-hybridized carbons (Fsp3) is 0.222. The highest BCUT2D eigenvalue weighted by Gasteiger charge is 2.09. The standard InChI is InChI=1S/C9H8ClNOS/c1-5-6(2)12-9(11-5)7-3-4-8(10)13-7/h3-4H,1-2H3. The normalized spacial score (nSPS) is 10.7. The Morgan fingerprint density at radius 2 is 2.15 bits per heavy atom. The summed E-state index contributed by atoms with van der Waals surface area (Å²) in [6, 6.07) is 3.76. The first-order chi connectivity index (χ1) is 6.16. The monoisotopic (exact) mass is 213 g/mol. The molecular formula is C9H8ClNOS. The van der Waals surface area contributed by atoms with Crippen LogP contribution in [-0.4, -0.2) is 4.98 Å². The van der Waals surface area contributed by atoms with E-state index in [-0.39, 0.29) is 0 Å². The second kappa shape index (κ2) is 3.16. The molecule has 0 N–H and O–H groups in total. The first-order valence-corrected chi connectivity index (χ1v) is 5.06. The van der Waals surface area contributed by atoms with Crippen molar-refractivity contribution in [3.8, 4) is 10.8 Å². The minimum atomic E-state index is 0.659. The number of aryl methyl sites for hydroxylation is 2. The Morgan fingerprint density at radius 3 is 2.62 bits per heavy atom. The van der Waals surface area contributed by atoms with Crippen molar-refractivity contribution in [2.45, 2.75) is 13.8 Å². The summed E-state index contributed by atoms with van der Waals surface area (Å²) < 4.78 is 6.21. The first kappa shape index (κ1) is 8.78. The maximum Gasteiger partial charge on any atom is 0.236 e. The largest absolute Gasteiger partial charge is 0.440 e. The molecule has 13 heavy (non-hydrogen) atoms. The molecule has 0 amide bonds. The molecule has 2 aromatic heterocycles. The van der Waals surface area contributed by atoms with Crippen LogP contribution >= 0.6 is 22.9 Å². The Kier molecular flexibility index (Phi) is 2.14. The van der Waals surface area contributed by atoms with Gasteiger partial charge in [-0.25, -0.2) is 4.98 Å². The quantitative estimate of drug-likeness (QED) is 0.723. The van der Waals surface area contributed by atoms with Gasteiger partial charge in [-0.2, -0.15) is 0 Å². The average molecular weight is 214 g/mol. The van der Waals surface area contributed by atoms with E-state index >= 15 is 0 Å². The predicted octanol–water partition coefficient (Wildman–Crippen LogP) is 3.67. The van der Waals surface area contributed by atoms with E-state index in [0.29, 0.717) is 5.89 Å². The van der Waals surface area contributed by atoms with Crippen molar-refractivity contribution in [3.63, 3.8) is 0 Å². The highest BCUT2D eigenvalue weighted by Crippen LogP contribution is 2.31. The van der Waals surface area contributed by atoms with Gasteiger partial charge in [-0.1, -0.05) is 11.6 Å². The van der Waals surface area contributed by atoms with Gasteiger partial charge in [0, 0.05) is 0 Å². The number of thiophene rings is 1. The minimum Gasteiger partial charge on any atom is -0.440 e. The fourth-order valence-electron chi connectivity index (χ4n) is 1.01. The molecule has 0 aliphatic rings. The smallest absolute Gasteiger partial charge is 0.236 e. The van der Waals surface area contributed by atoms with Crippen LogP contribution in [0.15, 0.2) is 16.5 Å².